The third-order valence-corrected chi connectivity index (χ3v) is 7.26. The molecule has 5 rings (SSSR count). The van der Waals surface area contributed by atoms with E-state index < -0.39 is 0 Å². The predicted octanol–water partition coefficient (Wildman–Crippen LogP) is 5.90. The van der Waals surface area contributed by atoms with E-state index in [-0.39, 0.29) is 0 Å². The highest BCUT2D eigenvalue weighted by Gasteiger charge is 2.18. The van der Waals surface area contributed by atoms with Crippen LogP contribution in [-0.4, -0.2) is 58.2 Å². The molecule has 3 aromatic heterocycles. The number of benzene rings is 1. The summed E-state index contributed by atoms with van der Waals surface area (Å²) in [5, 5.41) is 17.5. The van der Waals surface area contributed by atoms with Crippen molar-refractivity contribution in [2.45, 2.75) is 23.9 Å². The van der Waals surface area contributed by atoms with E-state index in [0.29, 0.717) is 31.3 Å². The van der Waals surface area contributed by atoms with Gasteiger partial charge in [0.1, 0.15) is 27.2 Å². The van der Waals surface area contributed by atoms with Gasteiger partial charge >= 0.3 is 0 Å². The first-order chi connectivity index (χ1) is 17.6. The highest BCUT2D eigenvalue weighted by atomic mass is 79.9. The summed E-state index contributed by atoms with van der Waals surface area (Å²) in [6.07, 6.45) is 1.56. The average molecular weight is 586 g/mol. The Morgan fingerprint density at radius 3 is 2.50 bits per heavy atom. The number of hydrogen-bond donors (Lipinski definition) is 1. The van der Waals surface area contributed by atoms with E-state index >= 15 is 0 Å². The Balaban J connectivity index is 0.00000148. The minimum atomic E-state index is 0.546. The Bertz CT molecular complexity index is 1330. The SMILES string of the molecule is CC.CN1CCN(c2cc(Nc3ncc(C#N)s3)nc(Sc3ccc(-c4cc(Br)no4)cc3)n2)CC1. The second-order valence-electron chi connectivity index (χ2n) is 7.59. The topological polar surface area (TPSA) is 107 Å². The lowest BCUT2D eigenvalue weighted by atomic mass is 10.2. The van der Waals surface area contributed by atoms with Crippen molar-refractivity contribution in [1.82, 2.24) is 25.0 Å². The number of nitriles is 1. The summed E-state index contributed by atoms with van der Waals surface area (Å²) in [4.78, 5) is 19.9. The first kappa shape index (κ1) is 26.1. The molecule has 0 aliphatic carbocycles. The van der Waals surface area contributed by atoms with Gasteiger partial charge < -0.3 is 19.6 Å². The van der Waals surface area contributed by atoms with Crippen LogP contribution in [0.2, 0.25) is 0 Å². The first-order valence-corrected chi connectivity index (χ1v) is 13.8. The molecule has 0 unspecified atom stereocenters. The molecule has 1 fully saturated rings. The molecule has 0 atom stereocenters. The van der Waals surface area contributed by atoms with E-state index in [1.54, 1.807) is 6.20 Å². The zero-order valence-corrected chi connectivity index (χ0v) is 23.3. The smallest absolute Gasteiger partial charge is 0.196 e. The normalized spacial score (nSPS) is 13.6. The summed E-state index contributed by atoms with van der Waals surface area (Å²) in [6, 6.07) is 13.9. The Morgan fingerprint density at radius 2 is 1.86 bits per heavy atom. The molecular weight excluding hydrogens is 560 g/mol. The van der Waals surface area contributed by atoms with Crippen molar-refractivity contribution >= 4 is 55.8 Å². The highest BCUT2D eigenvalue weighted by molar-refractivity contribution is 9.10. The van der Waals surface area contributed by atoms with Crippen LogP contribution in [0.4, 0.5) is 16.8 Å². The molecule has 0 radical (unpaired) electrons. The third-order valence-electron chi connectivity index (χ3n) is 5.20. The van der Waals surface area contributed by atoms with E-state index in [1.807, 2.05) is 50.2 Å². The maximum Gasteiger partial charge on any atom is 0.196 e. The molecule has 1 saturated heterocycles. The molecule has 186 valence electrons. The predicted molar refractivity (Wildman–Crippen MR) is 147 cm³/mol. The largest absolute Gasteiger partial charge is 0.355 e. The summed E-state index contributed by atoms with van der Waals surface area (Å²) in [6.45, 7) is 7.75. The van der Waals surface area contributed by atoms with Gasteiger partial charge in [-0.05, 0) is 46.9 Å². The van der Waals surface area contributed by atoms with Gasteiger partial charge in [0, 0.05) is 48.8 Å². The second kappa shape index (κ2) is 12.3. The number of likely N-dealkylation sites (N-methyl/N-ethyl adjacent to an activating group) is 1. The van der Waals surface area contributed by atoms with Gasteiger partial charge in [-0.1, -0.05) is 42.5 Å². The van der Waals surface area contributed by atoms with Crippen LogP contribution in [0.3, 0.4) is 0 Å². The van der Waals surface area contributed by atoms with Crippen molar-refractivity contribution in [1.29, 1.82) is 5.26 Å². The van der Waals surface area contributed by atoms with Crippen LogP contribution in [0.15, 0.2) is 61.8 Å². The molecule has 1 aliphatic heterocycles. The molecule has 1 aromatic carbocycles. The molecule has 1 aliphatic rings. The van der Waals surface area contributed by atoms with Gasteiger partial charge in [-0.3, -0.25) is 0 Å². The van der Waals surface area contributed by atoms with E-state index in [0.717, 1.165) is 42.5 Å². The van der Waals surface area contributed by atoms with Crippen molar-refractivity contribution in [2.24, 2.45) is 0 Å². The number of halogens is 1. The number of aromatic nitrogens is 4. The van der Waals surface area contributed by atoms with Crippen LogP contribution in [0.25, 0.3) is 11.3 Å². The molecule has 12 heteroatoms. The molecular formula is C24H25BrN8OS2. The Labute approximate surface area is 226 Å². The molecule has 0 saturated carbocycles. The summed E-state index contributed by atoms with van der Waals surface area (Å²) in [7, 11) is 2.13. The van der Waals surface area contributed by atoms with Crippen LogP contribution in [-0.2, 0) is 0 Å². The lowest BCUT2D eigenvalue weighted by Gasteiger charge is -2.33. The fourth-order valence-corrected chi connectivity index (χ4v) is 5.06. The van der Waals surface area contributed by atoms with Crippen molar-refractivity contribution < 1.29 is 4.52 Å². The number of nitrogens with one attached hydrogen (secondary N) is 1. The minimum Gasteiger partial charge on any atom is -0.355 e. The summed E-state index contributed by atoms with van der Waals surface area (Å²) in [5.41, 5.74) is 0.939. The molecule has 4 aromatic rings. The van der Waals surface area contributed by atoms with Crippen molar-refractivity contribution in [3.05, 3.63) is 52.1 Å². The molecule has 0 bridgehead atoms. The summed E-state index contributed by atoms with van der Waals surface area (Å²) in [5.74, 6) is 2.21. The molecule has 0 spiro atoms. The van der Waals surface area contributed by atoms with Crippen LogP contribution in [0.5, 0.6) is 0 Å². The molecule has 9 nitrogen and oxygen atoms in total. The molecule has 0 amide bonds. The number of anilines is 3. The summed E-state index contributed by atoms with van der Waals surface area (Å²) < 4.78 is 5.97. The van der Waals surface area contributed by atoms with Gasteiger partial charge in [0.2, 0.25) is 0 Å². The Kier molecular flexibility index (Phi) is 8.93. The molecule has 36 heavy (non-hydrogen) atoms. The summed E-state index contributed by atoms with van der Waals surface area (Å²) >= 11 is 6.09. The lowest BCUT2D eigenvalue weighted by Crippen LogP contribution is -2.44. The van der Waals surface area contributed by atoms with Crippen molar-refractivity contribution in [3.63, 3.8) is 0 Å². The van der Waals surface area contributed by atoms with Gasteiger partial charge in [0.05, 0.1) is 6.20 Å². The van der Waals surface area contributed by atoms with Crippen LogP contribution >= 0.6 is 39.0 Å². The first-order valence-electron chi connectivity index (χ1n) is 11.4. The maximum atomic E-state index is 9.10. The highest BCUT2D eigenvalue weighted by Crippen LogP contribution is 2.32. The van der Waals surface area contributed by atoms with E-state index in [2.05, 4.69) is 54.3 Å². The fourth-order valence-electron chi connectivity index (χ4n) is 3.40. The zero-order valence-electron chi connectivity index (χ0n) is 20.1. The fraction of sp³-hybridized carbons (Fsp3) is 0.292. The molecule has 1 N–H and O–H groups in total. The van der Waals surface area contributed by atoms with Gasteiger partial charge in [-0.15, -0.1) is 0 Å². The van der Waals surface area contributed by atoms with Crippen LogP contribution < -0.4 is 10.2 Å². The average Bonchev–Trinajstić information content (AvgIpc) is 3.55. The number of rotatable bonds is 6. The third kappa shape index (κ3) is 6.61. The quantitative estimate of drug-likeness (QED) is 0.275. The van der Waals surface area contributed by atoms with Gasteiger partial charge in [-0.25, -0.2) is 15.0 Å². The monoisotopic (exact) mass is 584 g/mol. The lowest BCUT2D eigenvalue weighted by molar-refractivity contribution is 0.312. The minimum absolute atomic E-state index is 0.546. The Hall–Kier alpha value is -2.98. The van der Waals surface area contributed by atoms with E-state index in [9.17, 15) is 0 Å². The van der Waals surface area contributed by atoms with Crippen molar-refractivity contribution in [2.75, 3.05) is 43.4 Å². The maximum absolute atomic E-state index is 9.10. The van der Waals surface area contributed by atoms with Crippen LogP contribution in [0.1, 0.15) is 18.7 Å². The van der Waals surface area contributed by atoms with Crippen LogP contribution in [0, 0.1) is 11.3 Å². The van der Waals surface area contributed by atoms with E-state index in [1.165, 1.54) is 23.1 Å². The number of piperazine rings is 1. The zero-order chi connectivity index (χ0) is 25.5. The number of nitrogens with zero attached hydrogens (tertiary/aromatic N) is 7. The number of thiazole rings is 1. The molecule has 4 heterocycles. The number of hydrogen-bond acceptors (Lipinski definition) is 11. The van der Waals surface area contributed by atoms with Gasteiger partial charge in [-0.2, -0.15) is 5.26 Å². The van der Waals surface area contributed by atoms with Gasteiger partial charge in [0.15, 0.2) is 16.0 Å². The van der Waals surface area contributed by atoms with E-state index in [4.69, 9.17) is 19.8 Å². The Morgan fingerprint density at radius 1 is 1.11 bits per heavy atom. The van der Waals surface area contributed by atoms with Gasteiger partial charge in [0.25, 0.3) is 0 Å². The van der Waals surface area contributed by atoms with Crippen molar-refractivity contribution in [3.8, 4) is 17.4 Å². The standard InChI is InChI=1S/C22H19BrN8OS2.C2H6/c1-30-6-8-31(9-7-30)20-11-19(26-21-25-13-16(12-24)34-21)27-22(28-20)33-15-4-2-14(3-5-15)17-10-18(23)29-32-17;1-2/h2-5,10-11,13H,6-9H2,1H3,(H,25,26,27,28);1-2H3. The second-order valence-corrected chi connectivity index (χ2v) is 10.5.